The van der Waals surface area contributed by atoms with Crippen LogP contribution in [-0.2, 0) is 26.8 Å². The van der Waals surface area contributed by atoms with Crippen molar-refractivity contribution in [2.24, 2.45) is 0 Å². The highest BCUT2D eigenvalue weighted by molar-refractivity contribution is 7.91. The van der Waals surface area contributed by atoms with E-state index in [-0.39, 0.29) is 18.0 Å². The number of benzene rings is 2. The van der Waals surface area contributed by atoms with E-state index >= 15 is 0 Å². The molecule has 0 aliphatic carbocycles. The van der Waals surface area contributed by atoms with Crippen LogP contribution in [-0.4, -0.2) is 32.0 Å². The molecule has 0 bridgehead atoms. The number of oxazole rings is 1. The summed E-state index contributed by atoms with van der Waals surface area (Å²) in [7, 11) is -2.07. The first-order valence-corrected chi connectivity index (χ1v) is 12.0. The maximum Gasteiger partial charge on any atom is 0.226 e. The fourth-order valence-corrected chi connectivity index (χ4v) is 4.68. The molecule has 0 saturated carbocycles. The van der Waals surface area contributed by atoms with Gasteiger partial charge in [0, 0.05) is 12.0 Å². The average molecular weight is 442 g/mol. The van der Waals surface area contributed by atoms with Crippen molar-refractivity contribution in [2.45, 2.75) is 38.9 Å². The smallest absolute Gasteiger partial charge is 0.226 e. The predicted molar refractivity (Wildman–Crippen MR) is 120 cm³/mol. The van der Waals surface area contributed by atoms with Crippen molar-refractivity contribution in [2.75, 3.05) is 12.9 Å². The van der Waals surface area contributed by atoms with Gasteiger partial charge in [0.25, 0.3) is 0 Å². The van der Waals surface area contributed by atoms with Gasteiger partial charge in [0.05, 0.1) is 18.6 Å². The SMILES string of the molecule is COc1cccc(-c2nc(CS(=O)(=O)CC(=O)CCCc3ccc(C)cc3)c(C)o2)c1. The lowest BCUT2D eigenvalue weighted by Crippen LogP contribution is -2.18. The molecule has 7 heteroatoms. The zero-order valence-electron chi connectivity index (χ0n) is 18.1. The molecule has 0 saturated heterocycles. The Bertz CT molecular complexity index is 1150. The van der Waals surface area contributed by atoms with Crippen LogP contribution in [0.5, 0.6) is 5.75 Å². The first-order valence-electron chi connectivity index (χ1n) is 10.1. The molecule has 0 unspecified atom stereocenters. The number of sulfone groups is 1. The lowest BCUT2D eigenvalue weighted by atomic mass is 10.1. The molecule has 0 aliphatic heterocycles. The number of hydrogen-bond donors (Lipinski definition) is 0. The number of methoxy groups -OCH3 is 1. The number of ether oxygens (including phenoxy) is 1. The summed E-state index contributed by atoms with van der Waals surface area (Å²) in [5.41, 5.74) is 3.34. The van der Waals surface area contributed by atoms with Crippen LogP contribution in [0, 0.1) is 13.8 Å². The largest absolute Gasteiger partial charge is 0.497 e. The van der Waals surface area contributed by atoms with E-state index in [9.17, 15) is 13.2 Å². The molecular weight excluding hydrogens is 414 g/mol. The van der Waals surface area contributed by atoms with Crippen molar-refractivity contribution in [3.8, 4) is 17.2 Å². The molecule has 3 aromatic rings. The molecule has 6 nitrogen and oxygen atoms in total. The highest BCUT2D eigenvalue weighted by Gasteiger charge is 2.22. The Balaban J connectivity index is 1.58. The van der Waals surface area contributed by atoms with Crippen LogP contribution in [0.15, 0.2) is 52.9 Å². The van der Waals surface area contributed by atoms with Gasteiger partial charge < -0.3 is 9.15 Å². The fourth-order valence-electron chi connectivity index (χ4n) is 3.26. The van der Waals surface area contributed by atoms with Crippen LogP contribution < -0.4 is 4.74 Å². The summed E-state index contributed by atoms with van der Waals surface area (Å²) in [6.07, 6.45) is 1.61. The number of aromatic nitrogens is 1. The van der Waals surface area contributed by atoms with Gasteiger partial charge in [-0.15, -0.1) is 0 Å². The molecule has 31 heavy (non-hydrogen) atoms. The third kappa shape index (κ3) is 6.52. The number of hydrogen-bond acceptors (Lipinski definition) is 6. The lowest BCUT2D eigenvalue weighted by Gasteiger charge is -2.04. The van der Waals surface area contributed by atoms with Gasteiger partial charge in [-0.3, -0.25) is 4.79 Å². The van der Waals surface area contributed by atoms with Gasteiger partial charge in [0.15, 0.2) is 9.84 Å². The van der Waals surface area contributed by atoms with Crippen molar-refractivity contribution in [1.29, 1.82) is 0 Å². The number of aryl methyl sites for hydroxylation is 3. The molecule has 1 heterocycles. The minimum atomic E-state index is -3.64. The van der Waals surface area contributed by atoms with Gasteiger partial charge in [-0.2, -0.15) is 0 Å². The van der Waals surface area contributed by atoms with Crippen molar-refractivity contribution >= 4 is 15.6 Å². The van der Waals surface area contributed by atoms with Crippen molar-refractivity contribution in [3.63, 3.8) is 0 Å². The van der Waals surface area contributed by atoms with Crippen LogP contribution in [0.1, 0.15) is 35.4 Å². The first-order chi connectivity index (χ1) is 14.8. The Morgan fingerprint density at radius 3 is 2.55 bits per heavy atom. The molecule has 0 aliphatic rings. The molecule has 2 aromatic carbocycles. The Morgan fingerprint density at radius 2 is 1.84 bits per heavy atom. The fraction of sp³-hybridized carbons (Fsp3) is 0.333. The summed E-state index contributed by atoms with van der Waals surface area (Å²) in [6, 6.07) is 15.3. The molecule has 0 amide bonds. The quantitative estimate of drug-likeness (QED) is 0.461. The van der Waals surface area contributed by atoms with Crippen molar-refractivity contribution in [1.82, 2.24) is 4.98 Å². The summed E-state index contributed by atoms with van der Waals surface area (Å²) in [5.74, 6) is 0.316. The van der Waals surface area contributed by atoms with Gasteiger partial charge in [-0.05, 0) is 50.5 Å². The molecule has 0 spiro atoms. The first kappa shape index (κ1) is 22.7. The monoisotopic (exact) mass is 441 g/mol. The molecule has 164 valence electrons. The second kappa shape index (κ2) is 9.92. The minimum Gasteiger partial charge on any atom is -0.497 e. The zero-order valence-corrected chi connectivity index (χ0v) is 18.9. The Morgan fingerprint density at radius 1 is 1.10 bits per heavy atom. The maximum absolute atomic E-state index is 12.6. The van der Waals surface area contributed by atoms with Gasteiger partial charge >= 0.3 is 0 Å². The minimum absolute atomic E-state index is 0.236. The molecule has 1 aromatic heterocycles. The van der Waals surface area contributed by atoms with E-state index in [1.807, 2.05) is 37.3 Å². The second-order valence-electron chi connectivity index (χ2n) is 7.66. The molecule has 0 atom stereocenters. The third-order valence-electron chi connectivity index (χ3n) is 4.99. The van der Waals surface area contributed by atoms with E-state index in [4.69, 9.17) is 9.15 Å². The van der Waals surface area contributed by atoms with E-state index < -0.39 is 15.6 Å². The highest BCUT2D eigenvalue weighted by Crippen LogP contribution is 2.26. The van der Waals surface area contributed by atoms with Crippen molar-refractivity contribution < 1.29 is 22.4 Å². The van der Waals surface area contributed by atoms with Crippen LogP contribution >= 0.6 is 0 Å². The number of ketones is 1. The number of carbonyl (C=O) groups is 1. The topological polar surface area (TPSA) is 86.5 Å². The predicted octanol–water partition coefficient (Wildman–Crippen LogP) is 4.47. The number of rotatable bonds is 10. The molecule has 0 radical (unpaired) electrons. The molecule has 3 rings (SSSR count). The summed E-state index contributed by atoms with van der Waals surface area (Å²) in [6.45, 7) is 3.69. The Hall–Kier alpha value is -2.93. The van der Waals surface area contributed by atoms with Gasteiger partial charge in [0.1, 0.15) is 23.0 Å². The highest BCUT2D eigenvalue weighted by atomic mass is 32.2. The molecule has 0 N–H and O–H groups in total. The standard InChI is InChI=1S/C24H27NO5S/c1-17-10-12-19(13-11-17)6-4-8-21(26)15-31(27,28)16-23-18(2)30-24(25-23)20-7-5-9-22(14-20)29-3/h5,7,9-14H,4,6,8,15-16H2,1-3H3. The van der Waals surface area contributed by atoms with E-state index in [1.165, 1.54) is 5.56 Å². The number of Topliss-reactive ketones (excluding diaryl/α,β-unsaturated/α-hetero) is 1. The molecule has 0 fully saturated rings. The van der Waals surface area contributed by atoms with E-state index in [2.05, 4.69) is 4.98 Å². The van der Waals surface area contributed by atoms with Crippen LogP contribution in [0.2, 0.25) is 0 Å². The Kier molecular flexibility index (Phi) is 7.28. The van der Waals surface area contributed by atoms with Crippen LogP contribution in [0.4, 0.5) is 0 Å². The number of carbonyl (C=O) groups excluding carboxylic acids is 1. The van der Waals surface area contributed by atoms with Crippen molar-refractivity contribution in [3.05, 3.63) is 71.1 Å². The molecular formula is C24H27NO5S. The third-order valence-corrected chi connectivity index (χ3v) is 6.46. The van der Waals surface area contributed by atoms with E-state index in [0.29, 0.717) is 35.1 Å². The second-order valence-corrected chi connectivity index (χ2v) is 9.73. The van der Waals surface area contributed by atoms with Gasteiger partial charge in [-0.25, -0.2) is 13.4 Å². The lowest BCUT2D eigenvalue weighted by molar-refractivity contribution is -0.116. The summed E-state index contributed by atoms with van der Waals surface area (Å²) < 4.78 is 36.0. The average Bonchev–Trinajstić information content (AvgIpc) is 3.08. The van der Waals surface area contributed by atoms with Crippen LogP contribution in [0.25, 0.3) is 11.5 Å². The summed E-state index contributed by atoms with van der Waals surface area (Å²) in [4.78, 5) is 16.6. The Labute approximate surface area is 183 Å². The van der Waals surface area contributed by atoms with Crippen LogP contribution in [0.3, 0.4) is 0 Å². The van der Waals surface area contributed by atoms with Gasteiger partial charge in [-0.1, -0.05) is 35.9 Å². The van der Waals surface area contributed by atoms with E-state index in [0.717, 1.165) is 12.0 Å². The van der Waals surface area contributed by atoms with Gasteiger partial charge in [0.2, 0.25) is 5.89 Å². The van der Waals surface area contributed by atoms with E-state index in [1.54, 1.807) is 32.2 Å². The maximum atomic E-state index is 12.6. The summed E-state index contributed by atoms with van der Waals surface area (Å²) >= 11 is 0. The normalized spacial score (nSPS) is 11.5. The number of nitrogens with zero attached hydrogens (tertiary/aromatic N) is 1. The summed E-state index contributed by atoms with van der Waals surface area (Å²) in [5, 5.41) is 0. The zero-order chi connectivity index (χ0) is 22.4.